The molecular formula is C18H21FN2O6S. The highest BCUT2D eigenvalue weighted by atomic mass is 32.2. The highest BCUT2D eigenvalue weighted by molar-refractivity contribution is 7.92. The van der Waals surface area contributed by atoms with E-state index < -0.39 is 31.9 Å². The number of aromatic nitrogens is 1. The van der Waals surface area contributed by atoms with Crippen LogP contribution in [0.3, 0.4) is 0 Å². The Morgan fingerprint density at radius 2 is 2.00 bits per heavy atom. The molecule has 0 saturated carbocycles. The van der Waals surface area contributed by atoms with Crippen LogP contribution >= 0.6 is 0 Å². The largest absolute Gasteiger partial charge is 0.496 e. The van der Waals surface area contributed by atoms with Gasteiger partial charge in [-0.15, -0.1) is 0 Å². The molecule has 28 heavy (non-hydrogen) atoms. The summed E-state index contributed by atoms with van der Waals surface area (Å²) < 4.78 is 41.8. The molecule has 1 aromatic carbocycles. The number of rotatable bonds is 7. The molecule has 1 atom stereocenters. The van der Waals surface area contributed by atoms with E-state index in [0.717, 1.165) is 6.26 Å². The van der Waals surface area contributed by atoms with E-state index >= 15 is 0 Å². The molecule has 1 heterocycles. The van der Waals surface area contributed by atoms with E-state index in [-0.39, 0.29) is 18.7 Å². The first-order chi connectivity index (χ1) is 13.0. The van der Waals surface area contributed by atoms with Crippen molar-refractivity contribution in [2.24, 2.45) is 0 Å². The van der Waals surface area contributed by atoms with Crippen LogP contribution in [0.2, 0.25) is 0 Å². The molecule has 1 aromatic heterocycles. The molecule has 0 radical (unpaired) electrons. The summed E-state index contributed by atoms with van der Waals surface area (Å²) in [5.74, 6) is -1.28. The van der Waals surface area contributed by atoms with Crippen LogP contribution in [0.4, 0.5) is 4.39 Å². The molecule has 1 unspecified atom stereocenters. The van der Waals surface area contributed by atoms with Gasteiger partial charge < -0.3 is 9.30 Å². The van der Waals surface area contributed by atoms with Crippen LogP contribution in [0.25, 0.3) is 11.1 Å². The number of sulfone groups is 1. The predicted octanol–water partition coefficient (Wildman–Crippen LogP) is 1.36. The van der Waals surface area contributed by atoms with Crippen molar-refractivity contribution in [2.45, 2.75) is 24.6 Å². The summed E-state index contributed by atoms with van der Waals surface area (Å²) in [6, 6.07) is 6.83. The van der Waals surface area contributed by atoms with E-state index in [4.69, 9.17) is 9.94 Å². The Balaban J connectivity index is 2.33. The van der Waals surface area contributed by atoms with Gasteiger partial charge in [0.25, 0.3) is 11.5 Å². The molecule has 0 aliphatic carbocycles. The fourth-order valence-electron chi connectivity index (χ4n) is 2.68. The van der Waals surface area contributed by atoms with Crippen molar-refractivity contribution in [3.63, 3.8) is 0 Å². The Kier molecular flexibility index (Phi) is 6.25. The summed E-state index contributed by atoms with van der Waals surface area (Å²) in [6.07, 6.45) is 2.10. The van der Waals surface area contributed by atoms with Crippen molar-refractivity contribution in [2.75, 3.05) is 13.4 Å². The van der Waals surface area contributed by atoms with Crippen molar-refractivity contribution in [3.8, 4) is 16.9 Å². The van der Waals surface area contributed by atoms with Crippen LogP contribution in [0.5, 0.6) is 5.75 Å². The Hall–Kier alpha value is -2.72. The van der Waals surface area contributed by atoms with Crippen LogP contribution in [-0.4, -0.2) is 42.2 Å². The van der Waals surface area contributed by atoms with Crippen molar-refractivity contribution >= 4 is 15.7 Å². The first-order valence-corrected chi connectivity index (χ1v) is 10.1. The molecule has 10 heteroatoms. The molecule has 1 amide bonds. The van der Waals surface area contributed by atoms with Crippen LogP contribution in [0, 0.1) is 5.82 Å². The molecule has 8 nitrogen and oxygen atoms in total. The lowest BCUT2D eigenvalue weighted by Crippen LogP contribution is -2.49. The number of amides is 1. The van der Waals surface area contributed by atoms with E-state index in [1.54, 1.807) is 6.07 Å². The highest BCUT2D eigenvalue weighted by Gasteiger charge is 2.43. The molecule has 0 bridgehead atoms. The lowest BCUT2D eigenvalue weighted by molar-refractivity contribution is -0.131. The second-order valence-corrected chi connectivity index (χ2v) is 8.93. The molecule has 0 fully saturated rings. The number of hydrogen-bond donors (Lipinski definition) is 2. The van der Waals surface area contributed by atoms with E-state index in [2.05, 4.69) is 0 Å². The number of carbonyl (C=O) groups excluding carboxylic acids is 1. The van der Waals surface area contributed by atoms with Crippen LogP contribution in [-0.2, 0) is 21.2 Å². The SMILES string of the molecule is COc1cc(F)ccc1-c1ccn(CCC(C)(C(=O)NO)S(C)(=O)=O)c(=O)c1. The molecule has 0 saturated heterocycles. The fourth-order valence-corrected chi connectivity index (χ4v) is 3.53. The van der Waals surface area contributed by atoms with Crippen molar-refractivity contribution in [1.29, 1.82) is 0 Å². The Morgan fingerprint density at radius 1 is 1.32 bits per heavy atom. The maximum absolute atomic E-state index is 13.4. The van der Waals surface area contributed by atoms with Crippen molar-refractivity contribution < 1.29 is 27.5 Å². The number of aryl methyl sites for hydroxylation is 1. The molecule has 152 valence electrons. The zero-order valence-electron chi connectivity index (χ0n) is 15.6. The molecular weight excluding hydrogens is 391 g/mol. The lowest BCUT2D eigenvalue weighted by atomic mass is 10.0. The number of pyridine rings is 1. The Bertz CT molecular complexity index is 1050. The Labute approximate surface area is 161 Å². The van der Waals surface area contributed by atoms with Gasteiger partial charge in [-0.25, -0.2) is 18.3 Å². The van der Waals surface area contributed by atoms with E-state index in [1.165, 1.54) is 54.5 Å². The van der Waals surface area contributed by atoms with Gasteiger partial charge in [-0.05, 0) is 37.1 Å². The number of ether oxygens (including phenoxy) is 1. The van der Waals surface area contributed by atoms with Gasteiger partial charge in [0, 0.05) is 36.7 Å². The van der Waals surface area contributed by atoms with Crippen molar-refractivity contribution in [3.05, 3.63) is 52.7 Å². The minimum atomic E-state index is -3.86. The number of hydroxylamine groups is 1. The standard InChI is InChI=1S/C18H21FN2O6S/c1-18(17(23)20-24,28(3,25)26)7-9-21-8-6-12(10-16(21)22)14-5-4-13(19)11-15(14)27-2/h4-6,8,10-11,24H,7,9H2,1-3H3,(H,20,23). The number of halogens is 1. The molecule has 2 N–H and O–H groups in total. The van der Waals surface area contributed by atoms with Gasteiger partial charge in [0.05, 0.1) is 7.11 Å². The number of methoxy groups -OCH3 is 1. The van der Waals surface area contributed by atoms with Gasteiger partial charge in [0.2, 0.25) is 0 Å². The smallest absolute Gasteiger partial charge is 0.264 e. The van der Waals surface area contributed by atoms with Gasteiger partial charge >= 0.3 is 0 Å². The van der Waals surface area contributed by atoms with Gasteiger partial charge in [0.15, 0.2) is 14.6 Å². The monoisotopic (exact) mass is 412 g/mol. The first kappa shape index (κ1) is 21.6. The van der Waals surface area contributed by atoms with Gasteiger partial charge in [-0.3, -0.25) is 14.8 Å². The Morgan fingerprint density at radius 3 is 2.54 bits per heavy atom. The summed E-state index contributed by atoms with van der Waals surface area (Å²) in [6.45, 7) is 1.10. The average Bonchev–Trinajstić information content (AvgIpc) is 2.64. The lowest BCUT2D eigenvalue weighted by Gasteiger charge is -2.25. The van der Waals surface area contributed by atoms with Gasteiger partial charge in [-0.2, -0.15) is 0 Å². The summed E-state index contributed by atoms with van der Waals surface area (Å²) in [5.41, 5.74) is 1.94. The first-order valence-electron chi connectivity index (χ1n) is 8.22. The zero-order valence-corrected chi connectivity index (χ0v) is 16.4. The molecule has 0 aliphatic rings. The topological polar surface area (TPSA) is 115 Å². The summed E-state index contributed by atoms with van der Waals surface area (Å²) in [5, 5.41) is 8.85. The number of nitrogens with one attached hydrogen (secondary N) is 1. The van der Waals surface area contributed by atoms with Crippen molar-refractivity contribution in [1.82, 2.24) is 10.0 Å². The normalized spacial score (nSPS) is 13.6. The fraction of sp³-hybridized carbons (Fsp3) is 0.333. The third kappa shape index (κ3) is 4.23. The zero-order chi connectivity index (χ0) is 21.1. The molecule has 2 aromatic rings. The summed E-state index contributed by atoms with van der Waals surface area (Å²) in [4.78, 5) is 24.3. The third-order valence-corrected chi connectivity index (χ3v) is 6.73. The number of benzene rings is 1. The molecule has 0 spiro atoms. The average molecular weight is 412 g/mol. The van der Waals surface area contributed by atoms with Gasteiger partial charge in [0.1, 0.15) is 11.6 Å². The quantitative estimate of drug-likeness (QED) is 0.524. The predicted molar refractivity (Wildman–Crippen MR) is 100 cm³/mol. The van der Waals surface area contributed by atoms with Crippen LogP contribution < -0.4 is 15.8 Å². The highest BCUT2D eigenvalue weighted by Crippen LogP contribution is 2.29. The van der Waals surface area contributed by atoms with Gasteiger partial charge in [-0.1, -0.05) is 0 Å². The second kappa shape index (κ2) is 8.11. The minimum absolute atomic E-state index is 0.0728. The maximum atomic E-state index is 13.4. The summed E-state index contributed by atoms with van der Waals surface area (Å²) in [7, 11) is -2.48. The molecule has 2 rings (SSSR count). The third-order valence-electron chi connectivity index (χ3n) is 4.70. The van der Waals surface area contributed by atoms with Crippen LogP contribution in [0.1, 0.15) is 13.3 Å². The second-order valence-electron chi connectivity index (χ2n) is 6.49. The van der Waals surface area contributed by atoms with Crippen LogP contribution in [0.15, 0.2) is 41.3 Å². The number of hydrogen-bond acceptors (Lipinski definition) is 6. The number of nitrogens with zero attached hydrogens (tertiary/aromatic N) is 1. The van der Waals surface area contributed by atoms with E-state index in [1.807, 2.05) is 0 Å². The number of carbonyl (C=O) groups is 1. The van der Waals surface area contributed by atoms with E-state index in [0.29, 0.717) is 11.1 Å². The van der Waals surface area contributed by atoms with E-state index in [9.17, 15) is 22.4 Å². The molecule has 0 aliphatic heterocycles. The minimum Gasteiger partial charge on any atom is -0.496 e. The summed E-state index contributed by atoms with van der Waals surface area (Å²) >= 11 is 0. The maximum Gasteiger partial charge on any atom is 0.264 e.